The lowest BCUT2D eigenvalue weighted by molar-refractivity contribution is 0.0697. The Morgan fingerprint density at radius 3 is 3.05 bits per heavy atom. The van der Waals surface area contributed by atoms with Gasteiger partial charge in [-0.2, -0.15) is 5.10 Å². The van der Waals surface area contributed by atoms with Crippen LogP contribution in [0, 0.1) is 0 Å². The summed E-state index contributed by atoms with van der Waals surface area (Å²) in [6.07, 6.45) is 3.27. The number of nitrogens with one attached hydrogen (secondary N) is 2. The van der Waals surface area contributed by atoms with E-state index >= 15 is 0 Å². The molecule has 3 N–H and O–H groups in total. The highest BCUT2D eigenvalue weighted by Gasteiger charge is 2.10. The second-order valence-electron chi connectivity index (χ2n) is 4.00. The first kappa shape index (κ1) is 11.2. The predicted molar refractivity (Wildman–Crippen MR) is 70.6 cm³/mol. The van der Waals surface area contributed by atoms with Crippen LogP contribution < -0.4 is 5.32 Å². The number of aromatic carboxylic acids is 1. The molecule has 0 radical (unpaired) electrons. The molecular weight excluding hydrogens is 244 g/mol. The van der Waals surface area contributed by atoms with E-state index in [1.807, 2.05) is 18.2 Å². The lowest BCUT2D eigenvalue weighted by Crippen LogP contribution is -2.04. The number of aromatic nitrogens is 3. The number of carboxylic acid groups (broad SMARTS) is 1. The molecule has 2 heterocycles. The van der Waals surface area contributed by atoms with Gasteiger partial charge in [0, 0.05) is 17.3 Å². The molecule has 0 amide bonds. The van der Waals surface area contributed by atoms with Gasteiger partial charge in [0.15, 0.2) is 0 Å². The van der Waals surface area contributed by atoms with Crippen LogP contribution in [0.1, 0.15) is 10.4 Å². The van der Waals surface area contributed by atoms with Crippen LogP contribution in [-0.4, -0.2) is 26.3 Å². The molecule has 0 saturated heterocycles. The third kappa shape index (κ3) is 2.11. The molecule has 0 aliphatic heterocycles. The van der Waals surface area contributed by atoms with Crippen molar-refractivity contribution in [3.63, 3.8) is 0 Å². The first-order valence-electron chi connectivity index (χ1n) is 5.62. The summed E-state index contributed by atoms with van der Waals surface area (Å²) in [5, 5.41) is 19.9. The normalized spacial score (nSPS) is 10.5. The van der Waals surface area contributed by atoms with E-state index in [-0.39, 0.29) is 5.56 Å². The van der Waals surface area contributed by atoms with Crippen LogP contribution in [0.2, 0.25) is 0 Å². The Morgan fingerprint density at radius 1 is 1.32 bits per heavy atom. The number of anilines is 2. The fraction of sp³-hybridized carbons (Fsp3) is 0. The molecule has 6 heteroatoms. The van der Waals surface area contributed by atoms with E-state index < -0.39 is 5.97 Å². The number of hydrogen-bond acceptors (Lipinski definition) is 4. The minimum Gasteiger partial charge on any atom is -0.478 e. The van der Waals surface area contributed by atoms with Gasteiger partial charge in [0.25, 0.3) is 0 Å². The SMILES string of the molecule is O=C(O)c1cccnc1Nc1ccc2cn[nH]c2c1. The summed E-state index contributed by atoms with van der Waals surface area (Å²) in [4.78, 5) is 15.1. The Labute approximate surface area is 108 Å². The largest absolute Gasteiger partial charge is 0.478 e. The molecule has 0 aliphatic carbocycles. The van der Waals surface area contributed by atoms with E-state index in [1.54, 1.807) is 18.5 Å². The van der Waals surface area contributed by atoms with Crippen molar-refractivity contribution in [2.24, 2.45) is 0 Å². The minimum atomic E-state index is -1.02. The molecule has 6 nitrogen and oxygen atoms in total. The molecule has 0 saturated carbocycles. The molecule has 0 spiro atoms. The smallest absolute Gasteiger partial charge is 0.339 e. The van der Waals surface area contributed by atoms with Crippen LogP contribution in [0.25, 0.3) is 10.9 Å². The number of fused-ring (bicyclic) bond motifs is 1. The van der Waals surface area contributed by atoms with Crippen LogP contribution >= 0.6 is 0 Å². The number of H-pyrrole nitrogens is 1. The highest BCUT2D eigenvalue weighted by atomic mass is 16.4. The number of nitrogens with zero attached hydrogens (tertiary/aromatic N) is 2. The third-order valence-electron chi connectivity index (χ3n) is 2.74. The third-order valence-corrected chi connectivity index (χ3v) is 2.74. The van der Waals surface area contributed by atoms with Crippen LogP contribution in [0.15, 0.2) is 42.7 Å². The van der Waals surface area contributed by atoms with Crippen molar-refractivity contribution in [3.8, 4) is 0 Å². The van der Waals surface area contributed by atoms with Gasteiger partial charge in [-0.15, -0.1) is 0 Å². The number of hydrogen-bond donors (Lipinski definition) is 3. The van der Waals surface area contributed by atoms with Crippen LogP contribution in [0.3, 0.4) is 0 Å². The maximum absolute atomic E-state index is 11.1. The van der Waals surface area contributed by atoms with Crippen molar-refractivity contribution in [1.29, 1.82) is 0 Å². The Kier molecular flexibility index (Phi) is 2.60. The second-order valence-corrected chi connectivity index (χ2v) is 4.00. The molecule has 2 aromatic heterocycles. The van der Waals surface area contributed by atoms with Crippen LogP contribution in [0.5, 0.6) is 0 Å². The first-order valence-corrected chi connectivity index (χ1v) is 5.62. The monoisotopic (exact) mass is 254 g/mol. The number of carbonyl (C=O) groups is 1. The van der Waals surface area contributed by atoms with Gasteiger partial charge >= 0.3 is 5.97 Å². The van der Waals surface area contributed by atoms with E-state index in [2.05, 4.69) is 20.5 Å². The fourth-order valence-corrected chi connectivity index (χ4v) is 1.83. The van der Waals surface area contributed by atoms with Crippen molar-refractivity contribution in [2.75, 3.05) is 5.32 Å². The number of carboxylic acids is 1. The van der Waals surface area contributed by atoms with E-state index in [4.69, 9.17) is 5.11 Å². The second kappa shape index (κ2) is 4.41. The summed E-state index contributed by atoms with van der Waals surface area (Å²) in [5.74, 6) is -0.702. The average molecular weight is 254 g/mol. The zero-order chi connectivity index (χ0) is 13.2. The maximum atomic E-state index is 11.1. The number of benzene rings is 1. The molecule has 1 aromatic carbocycles. The topological polar surface area (TPSA) is 90.9 Å². The Morgan fingerprint density at radius 2 is 2.21 bits per heavy atom. The fourth-order valence-electron chi connectivity index (χ4n) is 1.83. The zero-order valence-corrected chi connectivity index (χ0v) is 9.79. The molecule has 3 aromatic rings. The average Bonchev–Trinajstić information content (AvgIpc) is 2.86. The van der Waals surface area contributed by atoms with Gasteiger partial charge in [-0.25, -0.2) is 9.78 Å². The van der Waals surface area contributed by atoms with E-state index in [9.17, 15) is 4.79 Å². The highest BCUT2D eigenvalue weighted by Crippen LogP contribution is 2.21. The molecule has 94 valence electrons. The van der Waals surface area contributed by atoms with E-state index in [1.165, 1.54) is 6.07 Å². The molecule has 0 unspecified atom stereocenters. The molecule has 3 rings (SSSR count). The molecule has 19 heavy (non-hydrogen) atoms. The molecule has 0 bridgehead atoms. The first-order chi connectivity index (χ1) is 9.24. The van der Waals surface area contributed by atoms with Crippen LogP contribution in [0.4, 0.5) is 11.5 Å². The minimum absolute atomic E-state index is 0.132. The van der Waals surface area contributed by atoms with Crippen molar-refractivity contribution in [2.45, 2.75) is 0 Å². The number of aromatic amines is 1. The maximum Gasteiger partial charge on any atom is 0.339 e. The number of rotatable bonds is 3. The summed E-state index contributed by atoms with van der Waals surface area (Å²) in [6.45, 7) is 0. The lowest BCUT2D eigenvalue weighted by atomic mass is 10.2. The Hall–Kier alpha value is -2.89. The van der Waals surface area contributed by atoms with E-state index in [0.717, 1.165) is 16.6 Å². The van der Waals surface area contributed by atoms with Crippen molar-refractivity contribution in [3.05, 3.63) is 48.3 Å². The van der Waals surface area contributed by atoms with Gasteiger partial charge < -0.3 is 10.4 Å². The molecular formula is C13H10N4O2. The zero-order valence-electron chi connectivity index (χ0n) is 9.79. The van der Waals surface area contributed by atoms with Crippen molar-refractivity contribution in [1.82, 2.24) is 15.2 Å². The van der Waals surface area contributed by atoms with Gasteiger partial charge in [0.05, 0.1) is 11.7 Å². The lowest BCUT2D eigenvalue weighted by Gasteiger charge is -2.08. The van der Waals surface area contributed by atoms with Gasteiger partial charge in [-0.05, 0) is 30.3 Å². The quantitative estimate of drug-likeness (QED) is 0.667. The molecule has 0 fully saturated rings. The molecule has 0 atom stereocenters. The summed E-state index contributed by atoms with van der Waals surface area (Å²) in [6, 6.07) is 8.68. The molecule has 0 aliphatic rings. The Bertz CT molecular complexity index is 751. The summed E-state index contributed by atoms with van der Waals surface area (Å²) < 4.78 is 0. The van der Waals surface area contributed by atoms with Crippen molar-refractivity contribution < 1.29 is 9.90 Å². The van der Waals surface area contributed by atoms with Gasteiger partial charge in [-0.1, -0.05) is 0 Å². The van der Waals surface area contributed by atoms with Gasteiger partial charge in [0.1, 0.15) is 11.4 Å². The van der Waals surface area contributed by atoms with Gasteiger partial charge in [-0.3, -0.25) is 5.10 Å². The predicted octanol–water partition coefficient (Wildman–Crippen LogP) is 2.40. The summed E-state index contributed by atoms with van der Waals surface area (Å²) in [7, 11) is 0. The van der Waals surface area contributed by atoms with Crippen LogP contribution in [-0.2, 0) is 0 Å². The van der Waals surface area contributed by atoms with Gasteiger partial charge in [0.2, 0.25) is 0 Å². The van der Waals surface area contributed by atoms with Crippen molar-refractivity contribution >= 4 is 28.4 Å². The standard InChI is InChI=1S/C13H10N4O2/c18-13(19)10-2-1-5-14-12(10)16-9-4-3-8-7-15-17-11(8)6-9/h1-7H,(H,14,16)(H,15,17)(H,18,19). The summed E-state index contributed by atoms with van der Waals surface area (Å²) in [5.41, 5.74) is 1.75. The van der Waals surface area contributed by atoms with E-state index in [0.29, 0.717) is 5.82 Å². The summed E-state index contributed by atoms with van der Waals surface area (Å²) >= 11 is 0. The Balaban J connectivity index is 1.98. The highest BCUT2D eigenvalue weighted by molar-refractivity contribution is 5.94. The number of pyridine rings is 1.